The third-order valence-electron chi connectivity index (χ3n) is 6.25. The lowest BCUT2D eigenvalue weighted by Gasteiger charge is -2.37. The van der Waals surface area contributed by atoms with Crippen molar-refractivity contribution in [1.82, 2.24) is 5.32 Å². The van der Waals surface area contributed by atoms with E-state index in [1.165, 1.54) is 18.9 Å². The molecular formula is C26H33FN2O4. The zero-order valence-electron chi connectivity index (χ0n) is 19.6. The van der Waals surface area contributed by atoms with E-state index in [9.17, 15) is 9.18 Å². The van der Waals surface area contributed by atoms with E-state index in [0.29, 0.717) is 41.4 Å². The van der Waals surface area contributed by atoms with Crippen molar-refractivity contribution in [2.75, 3.05) is 25.1 Å². The summed E-state index contributed by atoms with van der Waals surface area (Å²) in [5.41, 5.74) is 1.74. The Morgan fingerprint density at radius 1 is 1.09 bits per heavy atom. The maximum Gasteiger partial charge on any atom is 0.251 e. The molecule has 4 rings (SSSR count). The molecule has 178 valence electrons. The number of carbonyl (C=O) groups excluding carboxylic acids is 1. The number of amides is 1. The second-order valence-corrected chi connectivity index (χ2v) is 9.02. The summed E-state index contributed by atoms with van der Waals surface area (Å²) in [5, 5.41) is 2.86. The summed E-state index contributed by atoms with van der Waals surface area (Å²) in [6, 6.07) is 10.3. The fraction of sp³-hybridized carbons (Fsp3) is 0.500. The van der Waals surface area contributed by atoms with Crippen molar-refractivity contribution in [2.45, 2.75) is 64.4 Å². The lowest BCUT2D eigenvalue weighted by Crippen LogP contribution is -2.45. The zero-order valence-corrected chi connectivity index (χ0v) is 19.6. The van der Waals surface area contributed by atoms with Crippen molar-refractivity contribution in [1.29, 1.82) is 0 Å². The van der Waals surface area contributed by atoms with E-state index in [-0.39, 0.29) is 36.6 Å². The van der Waals surface area contributed by atoms with E-state index < -0.39 is 0 Å². The molecular weight excluding hydrogens is 423 g/mol. The third-order valence-corrected chi connectivity index (χ3v) is 6.25. The first-order valence-corrected chi connectivity index (χ1v) is 11.7. The van der Waals surface area contributed by atoms with E-state index >= 15 is 0 Å². The predicted octanol–water partition coefficient (Wildman–Crippen LogP) is 4.70. The fourth-order valence-corrected chi connectivity index (χ4v) is 4.67. The number of nitrogens with zero attached hydrogens (tertiary/aromatic N) is 1. The molecule has 1 saturated heterocycles. The highest BCUT2D eigenvalue weighted by atomic mass is 19.1. The SMILES string of the molecule is COc1cc(C(=O)NCc2ccc(N3CC(C)OC(C)C3)c(F)c2)ccc1OC1CCCC1. The number of methoxy groups -OCH3 is 1. The first-order valence-electron chi connectivity index (χ1n) is 11.7. The summed E-state index contributed by atoms with van der Waals surface area (Å²) < 4.78 is 32.0. The molecule has 6 nitrogen and oxygen atoms in total. The van der Waals surface area contributed by atoms with Crippen LogP contribution in [0.25, 0.3) is 0 Å². The Labute approximate surface area is 195 Å². The molecule has 1 saturated carbocycles. The highest BCUT2D eigenvalue weighted by molar-refractivity contribution is 5.94. The van der Waals surface area contributed by atoms with Crippen LogP contribution in [-0.2, 0) is 11.3 Å². The predicted molar refractivity (Wildman–Crippen MR) is 126 cm³/mol. The number of anilines is 1. The first kappa shape index (κ1) is 23.4. The molecule has 0 aromatic heterocycles. The van der Waals surface area contributed by atoms with Crippen LogP contribution in [0.3, 0.4) is 0 Å². The van der Waals surface area contributed by atoms with Crippen LogP contribution in [0.15, 0.2) is 36.4 Å². The van der Waals surface area contributed by atoms with E-state index in [4.69, 9.17) is 14.2 Å². The number of ether oxygens (including phenoxy) is 3. The number of nitrogens with one attached hydrogen (secondary N) is 1. The first-order chi connectivity index (χ1) is 15.9. The molecule has 1 heterocycles. The second kappa shape index (κ2) is 10.4. The van der Waals surface area contributed by atoms with E-state index in [0.717, 1.165) is 12.8 Å². The fourth-order valence-electron chi connectivity index (χ4n) is 4.67. The summed E-state index contributed by atoms with van der Waals surface area (Å²) in [4.78, 5) is 14.7. The van der Waals surface area contributed by atoms with Gasteiger partial charge in [0.25, 0.3) is 5.91 Å². The molecule has 1 aliphatic carbocycles. The highest BCUT2D eigenvalue weighted by Gasteiger charge is 2.24. The maximum atomic E-state index is 14.8. The number of benzene rings is 2. The molecule has 7 heteroatoms. The average Bonchev–Trinajstić information content (AvgIpc) is 3.30. The Hall–Kier alpha value is -2.80. The van der Waals surface area contributed by atoms with Crippen LogP contribution in [0.1, 0.15) is 55.5 Å². The molecule has 1 aliphatic heterocycles. The summed E-state index contributed by atoms with van der Waals surface area (Å²) in [7, 11) is 1.57. The summed E-state index contributed by atoms with van der Waals surface area (Å²) in [6.07, 6.45) is 4.77. The van der Waals surface area contributed by atoms with Gasteiger partial charge in [0, 0.05) is 25.2 Å². The number of carbonyl (C=O) groups is 1. The van der Waals surface area contributed by atoms with Crippen molar-refractivity contribution in [3.63, 3.8) is 0 Å². The Morgan fingerprint density at radius 2 is 1.82 bits per heavy atom. The number of hydrogen-bond donors (Lipinski definition) is 1. The Morgan fingerprint density at radius 3 is 2.48 bits per heavy atom. The van der Waals surface area contributed by atoms with Crippen LogP contribution in [0.5, 0.6) is 11.5 Å². The summed E-state index contributed by atoms with van der Waals surface area (Å²) in [6.45, 7) is 5.52. The second-order valence-electron chi connectivity index (χ2n) is 9.02. The monoisotopic (exact) mass is 456 g/mol. The lowest BCUT2D eigenvalue weighted by molar-refractivity contribution is -0.00539. The van der Waals surface area contributed by atoms with Gasteiger partial charge in [0.05, 0.1) is 31.1 Å². The van der Waals surface area contributed by atoms with Gasteiger partial charge >= 0.3 is 0 Å². The largest absolute Gasteiger partial charge is 0.493 e. The van der Waals surface area contributed by atoms with Gasteiger partial charge in [0.15, 0.2) is 11.5 Å². The minimum Gasteiger partial charge on any atom is -0.493 e. The standard InChI is InChI=1S/C26H33FN2O4/c1-17-15-29(16-18(2)32-17)23-10-8-19(12-22(23)27)14-28-26(30)20-9-11-24(25(13-20)31-3)33-21-6-4-5-7-21/h8-13,17-18,21H,4-7,14-16H2,1-3H3,(H,28,30). The van der Waals surface area contributed by atoms with Gasteiger partial charge in [-0.15, -0.1) is 0 Å². The molecule has 0 spiro atoms. The van der Waals surface area contributed by atoms with Crippen LogP contribution in [0.2, 0.25) is 0 Å². The Bertz CT molecular complexity index is 967. The van der Waals surface area contributed by atoms with Gasteiger partial charge in [-0.05, 0) is 75.4 Å². The molecule has 2 aromatic rings. The number of halogens is 1. The summed E-state index contributed by atoms with van der Waals surface area (Å²) in [5.74, 6) is 0.656. The van der Waals surface area contributed by atoms with Gasteiger partial charge in [-0.25, -0.2) is 4.39 Å². The van der Waals surface area contributed by atoms with E-state index in [2.05, 4.69) is 5.32 Å². The zero-order chi connectivity index (χ0) is 23.4. The van der Waals surface area contributed by atoms with Crippen molar-refractivity contribution in [3.05, 3.63) is 53.3 Å². The average molecular weight is 457 g/mol. The maximum absolute atomic E-state index is 14.8. The van der Waals surface area contributed by atoms with Crippen molar-refractivity contribution < 1.29 is 23.4 Å². The highest BCUT2D eigenvalue weighted by Crippen LogP contribution is 2.32. The lowest BCUT2D eigenvalue weighted by atomic mass is 10.1. The normalized spacial score (nSPS) is 21.2. The topological polar surface area (TPSA) is 60.0 Å². The van der Waals surface area contributed by atoms with Gasteiger partial charge in [-0.3, -0.25) is 4.79 Å². The van der Waals surface area contributed by atoms with Gasteiger partial charge in [0.1, 0.15) is 5.82 Å². The van der Waals surface area contributed by atoms with Gasteiger partial charge in [-0.2, -0.15) is 0 Å². The molecule has 1 N–H and O–H groups in total. The Balaban J connectivity index is 1.37. The minimum atomic E-state index is -0.293. The summed E-state index contributed by atoms with van der Waals surface area (Å²) >= 11 is 0. The molecule has 2 aromatic carbocycles. The molecule has 2 atom stereocenters. The van der Waals surface area contributed by atoms with Crippen molar-refractivity contribution >= 4 is 11.6 Å². The van der Waals surface area contributed by atoms with Crippen LogP contribution in [0, 0.1) is 5.82 Å². The number of hydrogen-bond acceptors (Lipinski definition) is 5. The van der Waals surface area contributed by atoms with Crippen LogP contribution in [-0.4, -0.2) is 44.4 Å². The van der Waals surface area contributed by atoms with E-state index in [1.54, 1.807) is 31.4 Å². The van der Waals surface area contributed by atoms with Crippen LogP contribution >= 0.6 is 0 Å². The minimum absolute atomic E-state index is 0.0547. The Kier molecular flexibility index (Phi) is 7.38. The van der Waals surface area contributed by atoms with E-state index in [1.807, 2.05) is 24.8 Å². The molecule has 2 unspecified atom stereocenters. The molecule has 2 fully saturated rings. The van der Waals surface area contributed by atoms with Crippen LogP contribution < -0.4 is 19.7 Å². The number of rotatable bonds is 7. The molecule has 0 radical (unpaired) electrons. The van der Waals surface area contributed by atoms with Gasteiger partial charge < -0.3 is 24.4 Å². The quantitative estimate of drug-likeness (QED) is 0.655. The number of morpholine rings is 1. The van der Waals surface area contributed by atoms with Gasteiger partial charge in [0.2, 0.25) is 0 Å². The molecule has 0 bridgehead atoms. The molecule has 1 amide bonds. The van der Waals surface area contributed by atoms with Gasteiger partial charge in [-0.1, -0.05) is 6.07 Å². The van der Waals surface area contributed by atoms with Crippen LogP contribution in [0.4, 0.5) is 10.1 Å². The third kappa shape index (κ3) is 5.77. The van der Waals surface area contributed by atoms with Crippen molar-refractivity contribution in [2.24, 2.45) is 0 Å². The molecule has 33 heavy (non-hydrogen) atoms. The molecule has 2 aliphatic rings. The smallest absolute Gasteiger partial charge is 0.251 e. The van der Waals surface area contributed by atoms with Crippen molar-refractivity contribution in [3.8, 4) is 11.5 Å².